The van der Waals surface area contributed by atoms with Gasteiger partial charge in [-0.2, -0.15) is 4.73 Å². The maximum absolute atomic E-state index is 10.9. The van der Waals surface area contributed by atoms with Crippen LogP contribution in [0.1, 0.15) is 24.0 Å². The fraction of sp³-hybridized carbons (Fsp3) is 0.167. The molecule has 2 aromatic rings. The van der Waals surface area contributed by atoms with Crippen molar-refractivity contribution < 1.29 is 4.73 Å². The Morgan fingerprint density at radius 1 is 1.20 bits per heavy atom. The SMILES string of the molecule is CC(c1cc[n+]([O-])cc1)c1cccnc1. The third-order valence-corrected chi connectivity index (χ3v) is 2.51. The highest BCUT2D eigenvalue weighted by Crippen LogP contribution is 2.21. The van der Waals surface area contributed by atoms with Crippen molar-refractivity contribution in [1.82, 2.24) is 4.98 Å². The quantitative estimate of drug-likeness (QED) is 0.548. The Morgan fingerprint density at radius 2 is 1.93 bits per heavy atom. The fourth-order valence-corrected chi connectivity index (χ4v) is 1.54. The van der Waals surface area contributed by atoms with Crippen LogP contribution in [-0.2, 0) is 0 Å². The summed E-state index contributed by atoms with van der Waals surface area (Å²) >= 11 is 0. The molecule has 0 saturated heterocycles. The van der Waals surface area contributed by atoms with E-state index in [1.54, 1.807) is 6.20 Å². The standard InChI is InChI=1S/C12H12N2O/c1-10(12-3-2-6-13-9-12)11-4-7-14(15)8-5-11/h2-10H,1H3. The summed E-state index contributed by atoms with van der Waals surface area (Å²) in [7, 11) is 0. The van der Waals surface area contributed by atoms with E-state index in [0.717, 1.165) is 15.9 Å². The highest BCUT2D eigenvalue weighted by molar-refractivity contribution is 5.27. The second kappa shape index (κ2) is 4.09. The van der Waals surface area contributed by atoms with E-state index in [1.165, 1.54) is 12.4 Å². The summed E-state index contributed by atoms with van der Waals surface area (Å²) in [4.78, 5) is 4.08. The van der Waals surface area contributed by atoms with Crippen molar-refractivity contribution in [2.75, 3.05) is 0 Å². The van der Waals surface area contributed by atoms with E-state index >= 15 is 0 Å². The number of pyridine rings is 2. The van der Waals surface area contributed by atoms with E-state index in [1.807, 2.05) is 30.5 Å². The van der Waals surface area contributed by atoms with Crippen molar-refractivity contribution in [3.05, 3.63) is 65.4 Å². The van der Waals surface area contributed by atoms with Crippen LogP contribution in [0.2, 0.25) is 0 Å². The number of hydrogen-bond donors (Lipinski definition) is 0. The predicted octanol–water partition coefficient (Wildman–Crippen LogP) is 1.87. The van der Waals surface area contributed by atoms with Crippen LogP contribution in [0.15, 0.2) is 49.1 Å². The molecule has 2 rings (SSSR count). The van der Waals surface area contributed by atoms with Gasteiger partial charge in [-0.05, 0) is 17.2 Å². The van der Waals surface area contributed by atoms with Crippen molar-refractivity contribution >= 4 is 0 Å². The molecule has 0 amide bonds. The van der Waals surface area contributed by atoms with Crippen LogP contribution < -0.4 is 4.73 Å². The van der Waals surface area contributed by atoms with E-state index in [9.17, 15) is 5.21 Å². The number of aromatic nitrogens is 2. The molecule has 0 aromatic carbocycles. The molecule has 0 aliphatic rings. The van der Waals surface area contributed by atoms with Crippen molar-refractivity contribution in [3.63, 3.8) is 0 Å². The maximum Gasteiger partial charge on any atom is 0.180 e. The van der Waals surface area contributed by atoms with Crippen LogP contribution in [0.5, 0.6) is 0 Å². The highest BCUT2D eigenvalue weighted by atomic mass is 16.5. The Morgan fingerprint density at radius 3 is 2.53 bits per heavy atom. The lowest BCUT2D eigenvalue weighted by molar-refractivity contribution is -0.605. The first-order valence-corrected chi connectivity index (χ1v) is 4.86. The van der Waals surface area contributed by atoms with Crippen LogP contribution in [0.4, 0.5) is 0 Å². The van der Waals surface area contributed by atoms with E-state index in [4.69, 9.17) is 0 Å². The molecule has 0 aliphatic carbocycles. The van der Waals surface area contributed by atoms with Gasteiger partial charge in [-0.15, -0.1) is 0 Å². The Bertz CT molecular complexity index is 425. The molecule has 3 nitrogen and oxygen atoms in total. The smallest absolute Gasteiger partial charge is 0.180 e. The van der Waals surface area contributed by atoms with Gasteiger partial charge in [0.2, 0.25) is 0 Å². The second-order valence-electron chi connectivity index (χ2n) is 3.50. The third-order valence-electron chi connectivity index (χ3n) is 2.51. The zero-order valence-corrected chi connectivity index (χ0v) is 8.50. The molecule has 0 spiro atoms. The Balaban J connectivity index is 2.29. The topological polar surface area (TPSA) is 39.8 Å². The molecule has 3 heteroatoms. The third kappa shape index (κ3) is 2.13. The lowest BCUT2D eigenvalue weighted by Gasteiger charge is -2.10. The van der Waals surface area contributed by atoms with Crippen molar-refractivity contribution in [3.8, 4) is 0 Å². The number of hydrogen-bond acceptors (Lipinski definition) is 2. The molecule has 0 N–H and O–H groups in total. The first kappa shape index (κ1) is 9.65. The molecular formula is C12H12N2O. The van der Waals surface area contributed by atoms with Crippen LogP contribution in [0.25, 0.3) is 0 Å². The first-order chi connectivity index (χ1) is 7.27. The summed E-state index contributed by atoms with van der Waals surface area (Å²) in [6.07, 6.45) is 6.64. The van der Waals surface area contributed by atoms with Crippen LogP contribution in [0, 0.1) is 5.21 Å². The van der Waals surface area contributed by atoms with Gasteiger partial charge in [0.05, 0.1) is 0 Å². The van der Waals surface area contributed by atoms with Gasteiger partial charge >= 0.3 is 0 Å². The molecule has 1 unspecified atom stereocenters. The minimum absolute atomic E-state index is 0.264. The summed E-state index contributed by atoms with van der Waals surface area (Å²) in [5.74, 6) is 0.264. The van der Waals surface area contributed by atoms with E-state index in [0.29, 0.717) is 0 Å². The van der Waals surface area contributed by atoms with Gasteiger partial charge in [0.25, 0.3) is 0 Å². The molecule has 0 saturated carbocycles. The van der Waals surface area contributed by atoms with Crippen LogP contribution in [-0.4, -0.2) is 4.98 Å². The first-order valence-electron chi connectivity index (χ1n) is 4.86. The zero-order valence-electron chi connectivity index (χ0n) is 8.50. The molecule has 2 heterocycles. The summed E-state index contributed by atoms with van der Waals surface area (Å²) in [6.45, 7) is 2.10. The summed E-state index contributed by atoms with van der Waals surface area (Å²) in [5, 5.41) is 10.9. The average Bonchev–Trinajstić information content (AvgIpc) is 2.30. The summed E-state index contributed by atoms with van der Waals surface area (Å²) in [5.41, 5.74) is 2.27. The molecular weight excluding hydrogens is 188 g/mol. The minimum atomic E-state index is 0.264. The predicted molar refractivity (Wildman–Crippen MR) is 57.2 cm³/mol. The minimum Gasteiger partial charge on any atom is -0.619 e. The van der Waals surface area contributed by atoms with Gasteiger partial charge in [-0.1, -0.05) is 13.0 Å². The Hall–Kier alpha value is -1.90. The average molecular weight is 200 g/mol. The van der Waals surface area contributed by atoms with Gasteiger partial charge in [0.1, 0.15) is 0 Å². The monoisotopic (exact) mass is 200 g/mol. The van der Waals surface area contributed by atoms with Crippen molar-refractivity contribution in [2.24, 2.45) is 0 Å². The van der Waals surface area contributed by atoms with Gasteiger partial charge in [-0.25, -0.2) is 0 Å². The molecule has 76 valence electrons. The number of rotatable bonds is 2. The van der Waals surface area contributed by atoms with Crippen molar-refractivity contribution in [2.45, 2.75) is 12.8 Å². The van der Waals surface area contributed by atoms with E-state index < -0.39 is 0 Å². The fourth-order valence-electron chi connectivity index (χ4n) is 1.54. The van der Waals surface area contributed by atoms with Crippen LogP contribution >= 0.6 is 0 Å². The van der Waals surface area contributed by atoms with E-state index in [-0.39, 0.29) is 5.92 Å². The normalized spacial score (nSPS) is 12.3. The van der Waals surface area contributed by atoms with E-state index in [2.05, 4.69) is 11.9 Å². The molecule has 0 radical (unpaired) electrons. The lowest BCUT2D eigenvalue weighted by atomic mass is 9.95. The molecule has 0 bridgehead atoms. The van der Waals surface area contributed by atoms with Crippen LogP contribution in [0.3, 0.4) is 0 Å². The van der Waals surface area contributed by atoms with Crippen molar-refractivity contribution in [1.29, 1.82) is 0 Å². The molecule has 15 heavy (non-hydrogen) atoms. The summed E-state index contributed by atoms with van der Waals surface area (Å²) < 4.78 is 0.791. The molecule has 0 aliphatic heterocycles. The Labute approximate surface area is 88.6 Å². The second-order valence-corrected chi connectivity index (χ2v) is 3.50. The van der Waals surface area contributed by atoms with Gasteiger partial charge in [-0.3, -0.25) is 4.98 Å². The molecule has 1 atom stereocenters. The lowest BCUT2D eigenvalue weighted by Crippen LogP contribution is -2.24. The highest BCUT2D eigenvalue weighted by Gasteiger charge is 2.08. The molecule has 0 fully saturated rings. The van der Waals surface area contributed by atoms with Gasteiger partial charge < -0.3 is 5.21 Å². The largest absolute Gasteiger partial charge is 0.619 e. The number of nitrogens with zero attached hydrogens (tertiary/aromatic N) is 2. The zero-order chi connectivity index (χ0) is 10.7. The van der Waals surface area contributed by atoms with Gasteiger partial charge in [0, 0.05) is 30.4 Å². The summed E-state index contributed by atoms with van der Waals surface area (Å²) in [6, 6.07) is 7.63. The molecule has 2 aromatic heterocycles. The maximum atomic E-state index is 10.9. The van der Waals surface area contributed by atoms with Gasteiger partial charge in [0.15, 0.2) is 12.4 Å². The Kier molecular flexibility index (Phi) is 2.63.